The molecule has 0 heterocycles. The van der Waals surface area contributed by atoms with Gasteiger partial charge < -0.3 is 10.6 Å². The second kappa shape index (κ2) is 9.33. The molecule has 1 aliphatic carbocycles. The van der Waals surface area contributed by atoms with Crippen LogP contribution in [0.15, 0.2) is 66.7 Å². The Labute approximate surface area is 212 Å². The van der Waals surface area contributed by atoms with E-state index < -0.39 is 45.5 Å². The number of amides is 2. The third-order valence-corrected chi connectivity index (χ3v) is 6.76. The normalized spacial score (nSPS) is 18.6. The van der Waals surface area contributed by atoms with E-state index >= 15 is 0 Å². The molecule has 3 aromatic rings. The molecule has 4 rings (SSSR count). The average molecular weight is 546 g/mol. The summed E-state index contributed by atoms with van der Waals surface area (Å²) in [5, 5.41) is 5.24. The quantitative estimate of drug-likeness (QED) is 0.262. The Balaban J connectivity index is 1.50. The molecule has 1 fully saturated rings. The Morgan fingerprint density at radius 3 is 2.20 bits per heavy atom. The largest absolute Gasteiger partial charge is 0.416 e. The Bertz CT molecular complexity index is 1300. The van der Waals surface area contributed by atoms with E-state index in [-0.39, 0.29) is 21.8 Å². The van der Waals surface area contributed by atoms with Crippen LogP contribution in [0.2, 0.25) is 5.02 Å². The molecule has 1 aliphatic rings. The fourth-order valence-corrected chi connectivity index (χ4v) is 4.74. The molecule has 1 saturated carbocycles. The van der Waals surface area contributed by atoms with Crippen LogP contribution in [0.4, 0.5) is 28.9 Å². The van der Waals surface area contributed by atoms with Crippen LogP contribution in [0.1, 0.15) is 27.4 Å². The van der Waals surface area contributed by atoms with Gasteiger partial charge in [-0.25, -0.2) is 4.39 Å². The lowest BCUT2D eigenvalue weighted by molar-refractivity contribution is -0.137. The van der Waals surface area contributed by atoms with Crippen molar-refractivity contribution in [3.8, 4) is 0 Å². The molecule has 0 radical (unpaired) electrons. The summed E-state index contributed by atoms with van der Waals surface area (Å²) in [6, 6.07) is 13.7. The summed E-state index contributed by atoms with van der Waals surface area (Å²) in [5.74, 6) is -3.59. The lowest BCUT2D eigenvalue weighted by Gasteiger charge is -2.10. The summed E-state index contributed by atoms with van der Waals surface area (Å²) in [6.07, 6.45) is -4.56. The zero-order valence-electron chi connectivity index (χ0n) is 17.5. The molecule has 0 spiro atoms. The SMILES string of the molecule is O=C(Nc1ccc(F)cc1)c1cc(NC(=O)C2C(c3cccc(C(F)(F)F)c3)C2(Cl)Cl)ccc1Cl. The predicted octanol–water partition coefficient (Wildman–Crippen LogP) is 7.28. The fraction of sp³-hybridized carbons (Fsp3) is 0.167. The zero-order chi connectivity index (χ0) is 25.5. The van der Waals surface area contributed by atoms with E-state index in [1.807, 2.05) is 0 Å². The number of benzene rings is 3. The Morgan fingerprint density at radius 1 is 0.886 bits per heavy atom. The highest BCUT2D eigenvalue weighted by Crippen LogP contribution is 2.65. The maximum Gasteiger partial charge on any atom is 0.416 e. The Kier molecular flexibility index (Phi) is 6.74. The van der Waals surface area contributed by atoms with Crippen LogP contribution in [0.25, 0.3) is 0 Å². The summed E-state index contributed by atoms with van der Waals surface area (Å²) < 4.78 is 50.7. The highest BCUT2D eigenvalue weighted by molar-refractivity contribution is 6.53. The van der Waals surface area contributed by atoms with Crippen molar-refractivity contribution in [2.75, 3.05) is 10.6 Å². The van der Waals surface area contributed by atoms with E-state index in [1.54, 1.807) is 0 Å². The van der Waals surface area contributed by atoms with Gasteiger partial charge in [-0.1, -0.05) is 29.8 Å². The fourth-order valence-electron chi connectivity index (χ4n) is 3.70. The third-order valence-electron chi connectivity index (χ3n) is 5.49. The number of hydrogen-bond acceptors (Lipinski definition) is 2. The number of hydrogen-bond donors (Lipinski definition) is 2. The minimum absolute atomic E-state index is 0.0297. The van der Waals surface area contributed by atoms with Gasteiger partial charge in [-0.2, -0.15) is 13.2 Å². The number of carbonyl (C=O) groups excluding carboxylic acids is 2. The summed E-state index contributed by atoms with van der Waals surface area (Å²) in [6.45, 7) is 0. The first-order chi connectivity index (χ1) is 16.4. The molecule has 3 aromatic carbocycles. The third kappa shape index (κ3) is 5.39. The Morgan fingerprint density at radius 2 is 1.54 bits per heavy atom. The predicted molar refractivity (Wildman–Crippen MR) is 127 cm³/mol. The van der Waals surface area contributed by atoms with Gasteiger partial charge in [0.25, 0.3) is 5.91 Å². The highest BCUT2D eigenvalue weighted by atomic mass is 35.5. The summed E-state index contributed by atoms with van der Waals surface area (Å²) in [7, 11) is 0. The molecular formula is C24H15Cl3F4N2O2. The number of carbonyl (C=O) groups is 2. The highest BCUT2D eigenvalue weighted by Gasteiger charge is 2.67. The van der Waals surface area contributed by atoms with Gasteiger partial charge in [0.05, 0.1) is 22.1 Å². The van der Waals surface area contributed by atoms with Crippen molar-refractivity contribution in [3.05, 3.63) is 94.3 Å². The maximum atomic E-state index is 13.1. The van der Waals surface area contributed by atoms with Gasteiger partial charge in [0, 0.05) is 17.3 Å². The van der Waals surface area contributed by atoms with Gasteiger partial charge in [0.1, 0.15) is 10.2 Å². The van der Waals surface area contributed by atoms with Gasteiger partial charge in [0.2, 0.25) is 5.91 Å². The molecule has 2 amide bonds. The van der Waals surface area contributed by atoms with Crippen molar-refractivity contribution in [1.82, 2.24) is 0 Å². The summed E-state index contributed by atoms with van der Waals surface area (Å²) in [5.41, 5.74) is -0.137. The van der Waals surface area contributed by atoms with E-state index in [0.717, 1.165) is 12.1 Å². The van der Waals surface area contributed by atoms with Gasteiger partial charge >= 0.3 is 6.18 Å². The smallest absolute Gasteiger partial charge is 0.326 e. The van der Waals surface area contributed by atoms with Crippen molar-refractivity contribution >= 4 is 58.0 Å². The minimum atomic E-state index is -4.56. The van der Waals surface area contributed by atoms with Crippen LogP contribution in [0, 0.1) is 11.7 Å². The van der Waals surface area contributed by atoms with Crippen molar-refractivity contribution in [2.45, 2.75) is 16.4 Å². The topological polar surface area (TPSA) is 58.2 Å². The molecule has 0 aromatic heterocycles. The van der Waals surface area contributed by atoms with Crippen LogP contribution in [-0.2, 0) is 11.0 Å². The maximum absolute atomic E-state index is 13.1. The summed E-state index contributed by atoms with van der Waals surface area (Å²) >= 11 is 18.6. The standard InChI is InChI=1S/C24H15Cl3F4N2O2/c25-18-9-8-16(11-17(18)21(34)32-15-6-4-14(28)5-7-15)33-22(35)20-19(23(20,26)27)12-2-1-3-13(10-12)24(29,30)31/h1-11,19-20H,(H,32,34)(H,33,35). The van der Waals surface area contributed by atoms with Crippen molar-refractivity contribution in [3.63, 3.8) is 0 Å². The zero-order valence-corrected chi connectivity index (χ0v) is 19.7. The number of nitrogens with one attached hydrogen (secondary N) is 2. The van der Waals surface area contributed by atoms with E-state index in [0.29, 0.717) is 5.69 Å². The molecule has 4 nitrogen and oxygen atoms in total. The lowest BCUT2D eigenvalue weighted by Crippen LogP contribution is -2.18. The molecule has 0 aliphatic heterocycles. The minimum Gasteiger partial charge on any atom is -0.326 e. The van der Waals surface area contributed by atoms with Crippen LogP contribution >= 0.6 is 34.8 Å². The Hall–Kier alpha value is -2.81. The molecule has 35 heavy (non-hydrogen) atoms. The first kappa shape index (κ1) is 25.3. The molecule has 11 heteroatoms. The van der Waals surface area contributed by atoms with Crippen molar-refractivity contribution < 1.29 is 27.2 Å². The number of alkyl halides is 5. The molecule has 182 valence electrons. The van der Waals surface area contributed by atoms with Crippen molar-refractivity contribution in [1.29, 1.82) is 0 Å². The molecular weight excluding hydrogens is 531 g/mol. The van der Waals surface area contributed by atoms with Crippen LogP contribution in [0.3, 0.4) is 0 Å². The lowest BCUT2D eigenvalue weighted by atomic mass is 10.1. The summed E-state index contributed by atoms with van der Waals surface area (Å²) in [4.78, 5) is 25.5. The first-order valence-corrected chi connectivity index (χ1v) is 11.2. The molecule has 2 unspecified atom stereocenters. The van der Waals surface area contributed by atoms with E-state index in [1.165, 1.54) is 54.6 Å². The number of anilines is 2. The first-order valence-electron chi connectivity index (χ1n) is 10.1. The van der Waals surface area contributed by atoms with E-state index in [4.69, 9.17) is 34.8 Å². The molecule has 0 saturated heterocycles. The second-order valence-corrected chi connectivity index (χ2v) is 9.75. The van der Waals surface area contributed by atoms with Gasteiger partial charge in [-0.05, 0) is 54.1 Å². The van der Waals surface area contributed by atoms with Crippen LogP contribution in [0.5, 0.6) is 0 Å². The second-order valence-electron chi connectivity index (χ2n) is 7.90. The number of rotatable bonds is 5. The van der Waals surface area contributed by atoms with E-state index in [2.05, 4.69) is 10.6 Å². The van der Waals surface area contributed by atoms with Gasteiger partial charge in [0.15, 0.2) is 0 Å². The van der Waals surface area contributed by atoms with Gasteiger partial charge in [-0.15, -0.1) is 23.2 Å². The molecule has 0 bridgehead atoms. The molecule has 2 atom stereocenters. The number of halogens is 7. The average Bonchev–Trinajstić information content (AvgIpc) is 3.38. The van der Waals surface area contributed by atoms with Gasteiger partial charge in [-0.3, -0.25) is 9.59 Å². The monoisotopic (exact) mass is 544 g/mol. The van der Waals surface area contributed by atoms with Crippen LogP contribution < -0.4 is 10.6 Å². The molecule has 2 N–H and O–H groups in total. The van der Waals surface area contributed by atoms with Crippen LogP contribution in [-0.4, -0.2) is 16.1 Å². The van der Waals surface area contributed by atoms with Crippen molar-refractivity contribution in [2.24, 2.45) is 5.92 Å². The van der Waals surface area contributed by atoms with E-state index in [9.17, 15) is 27.2 Å².